The van der Waals surface area contributed by atoms with Gasteiger partial charge in [-0.3, -0.25) is 0 Å². The van der Waals surface area contributed by atoms with Crippen LogP contribution in [0, 0.1) is 0 Å². The molecule has 2 nitrogen and oxygen atoms in total. The zero-order valence-electron chi connectivity index (χ0n) is 11.9. The van der Waals surface area contributed by atoms with Crippen LogP contribution in [-0.4, -0.2) is 12.1 Å². The van der Waals surface area contributed by atoms with Crippen LogP contribution in [0.2, 0.25) is 0 Å². The predicted molar refractivity (Wildman–Crippen MR) is 83.5 cm³/mol. The summed E-state index contributed by atoms with van der Waals surface area (Å²) in [5, 5.41) is 1.30. The Morgan fingerprint density at radius 3 is 2.55 bits per heavy atom. The molecule has 3 rings (SSSR count). The van der Waals surface area contributed by atoms with E-state index >= 15 is 0 Å². The summed E-state index contributed by atoms with van der Waals surface area (Å²) >= 11 is 0. The molecule has 1 heterocycles. The maximum Gasteiger partial charge on any atom is 0.120 e. The van der Waals surface area contributed by atoms with Crippen LogP contribution in [0.1, 0.15) is 23.7 Å². The van der Waals surface area contributed by atoms with Crippen LogP contribution in [0.4, 0.5) is 0 Å². The Morgan fingerprint density at radius 2 is 1.85 bits per heavy atom. The molecular formula is C18H19NO. The van der Waals surface area contributed by atoms with Crippen molar-refractivity contribution in [3.63, 3.8) is 0 Å². The Morgan fingerprint density at radius 1 is 1.05 bits per heavy atom. The Hall–Kier alpha value is -2.22. The van der Waals surface area contributed by atoms with E-state index in [2.05, 4.69) is 54.4 Å². The number of aromatic amines is 1. The standard InChI is InChI=1S/C18H19NO/c1-3-17-16(11-13-7-5-4-6-8-13)15-10-9-14(20-2)12-18(15)19-17/h4-10,12,19H,3,11H2,1-2H3. The van der Waals surface area contributed by atoms with Gasteiger partial charge in [0.05, 0.1) is 7.11 Å². The molecule has 0 aliphatic rings. The van der Waals surface area contributed by atoms with Crippen LogP contribution in [0.25, 0.3) is 10.9 Å². The minimum atomic E-state index is 0.896. The highest BCUT2D eigenvalue weighted by Gasteiger charge is 2.11. The maximum atomic E-state index is 5.30. The first-order valence-electron chi connectivity index (χ1n) is 7.03. The Labute approximate surface area is 119 Å². The summed E-state index contributed by atoms with van der Waals surface area (Å²) in [6.07, 6.45) is 1.98. The van der Waals surface area contributed by atoms with Gasteiger partial charge in [-0.2, -0.15) is 0 Å². The van der Waals surface area contributed by atoms with E-state index < -0.39 is 0 Å². The number of hydrogen-bond donors (Lipinski definition) is 1. The fraction of sp³-hybridized carbons (Fsp3) is 0.222. The number of fused-ring (bicyclic) bond motifs is 1. The molecule has 0 aliphatic heterocycles. The van der Waals surface area contributed by atoms with Gasteiger partial charge in [-0.05, 0) is 36.1 Å². The second-order valence-electron chi connectivity index (χ2n) is 5.01. The SMILES string of the molecule is CCc1[nH]c2cc(OC)ccc2c1Cc1ccccc1. The molecular weight excluding hydrogens is 246 g/mol. The van der Waals surface area contributed by atoms with Gasteiger partial charge in [0.25, 0.3) is 0 Å². The van der Waals surface area contributed by atoms with Crippen LogP contribution in [0.15, 0.2) is 48.5 Å². The topological polar surface area (TPSA) is 25.0 Å². The lowest BCUT2D eigenvalue weighted by Crippen LogP contribution is -1.92. The average Bonchev–Trinajstić information content (AvgIpc) is 2.85. The number of aromatic nitrogens is 1. The fourth-order valence-corrected chi connectivity index (χ4v) is 2.72. The molecule has 0 unspecified atom stereocenters. The molecule has 0 spiro atoms. The second-order valence-corrected chi connectivity index (χ2v) is 5.01. The van der Waals surface area contributed by atoms with E-state index in [9.17, 15) is 0 Å². The lowest BCUT2D eigenvalue weighted by atomic mass is 10.0. The molecule has 0 amide bonds. The first kappa shape index (κ1) is 12.8. The highest BCUT2D eigenvalue weighted by molar-refractivity contribution is 5.86. The molecule has 20 heavy (non-hydrogen) atoms. The summed E-state index contributed by atoms with van der Waals surface area (Å²) in [7, 11) is 1.70. The van der Waals surface area contributed by atoms with Gasteiger partial charge in [0.2, 0.25) is 0 Å². The lowest BCUT2D eigenvalue weighted by Gasteiger charge is -2.04. The third-order valence-corrected chi connectivity index (χ3v) is 3.78. The quantitative estimate of drug-likeness (QED) is 0.746. The third-order valence-electron chi connectivity index (χ3n) is 3.78. The summed E-state index contributed by atoms with van der Waals surface area (Å²) in [5.41, 5.74) is 5.22. The van der Waals surface area contributed by atoms with Gasteiger partial charge in [0, 0.05) is 22.7 Å². The number of ether oxygens (including phenoxy) is 1. The van der Waals surface area contributed by atoms with Crippen molar-refractivity contribution in [3.8, 4) is 5.75 Å². The normalized spacial score (nSPS) is 10.9. The van der Waals surface area contributed by atoms with E-state index in [4.69, 9.17) is 4.74 Å². The van der Waals surface area contributed by atoms with Crippen molar-refractivity contribution in [2.45, 2.75) is 19.8 Å². The smallest absolute Gasteiger partial charge is 0.120 e. The van der Waals surface area contributed by atoms with Gasteiger partial charge in [-0.25, -0.2) is 0 Å². The van der Waals surface area contributed by atoms with Gasteiger partial charge in [0.15, 0.2) is 0 Å². The van der Waals surface area contributed by atoms with E-state index in [1.807, 2.05) is 6.07 Å². The number of rotatable bonds is 4. The van der Waals surface area contributed by atoms with Crippen molar-refractivity contribution in [2.24, 2.45) is 0 Å². The summed E-state index contributed by atoms with van der Waals surface area (Å²) in [6.45, 7) is 2.19. The van der Waals surface area contributed by atoms with Gasteiger partial charge in [0.1, 0.15) is 5.75 Å². The Balaban J connectivity index is 2.08. The fourth-order valence-electron chi connectivity index (χ4n) is 2.72. The van der Waals surface area contributed by atoms with Gasteiger partial charge in [-0.15, -0.1) is 0 Å². The molecule has 0 saturated heterocycles. The molecule has 2 aromatic carbocycles. The molecule has 0 aliphatic carbocycles. The third kappa shape index (κ3) is 2.29. The summed E-state index contributed by atoms with van der Waals surface area (Å²) < 4.78 is 5.30. The van der Waals surface area contributed by atoms with Crippen LogP contribution in [0.3, 0.4) is 0 Å². The predicted octanol–water partition coefficient (Wildman–Crippen LogP) is 4.33. The van der Waals surface area contributed by atoms with Gasteiger partial charge in [-0.1, -0.05) is 37.3 Å². The number of H-pyrrole nitrogens is 1. The molecule has 1 aromatic heterocycles. The monoisotopic (exact) mass is 265 g/mol. The van der Waals surface area contributed by atoms with Crippen LogP contribution >= 0.6 is 0 Å². The molecule has 0 atom stereocenters. The maximum absolute atomic E-state index is 5.30. The molecule has 0 radical (unpaired) electrons. The van der Waals surface area contributed by atoms with Gasteiger partial charge >= 0.3 is 0 Å². The summed E-state index contributed by atoms with van der Waals surface area (Å²) in [4.78, 5) is 3.53. The van der Waals surface area contributed by atoms with E-state index in [-0.39, 0.29) is 0 Å². The van der Waals surface area contributed by atoms with Crippen LogP contribution in [0.5, 0.6) is 5.75 Å². The lowest BCUT2D eigenvalue weighted by molar-refractivity contribution is 0.415. The molecule has 0 fully saturated rings. The first-order chi connectivity index (χ1) is 9.81. The zero-order chi connectivity index (χ0) is 13.9. The zero-order valence-corrected chi connectivity index (χ0v) is 11.9. The molecule has 2 heteroatoms. The number of methoxy groups -OCH3 is 1. The van der Waals surface area contributed by atoms with Crippen LogP contribution < -0.4 is 4.74 Å². The second kappa shape index (κ2) is 5.41. The number of hydrogen-bond acceptors (Lipinski definition) is 1. The van der Waals surface area contributed by atoms with Gasteiger partial charge < -0.3 is 9.72 Å². The van der Waals surface area contributed by atoms with Crippen LogP contribution in [-0.2, 0) is 12.8 Å². The Bertz CT molecular complexity index is 713. The van der Waals surface area contributed by atoms with Crippen molar-refractivity contribution < 1.29 is 4.74 Å². The first-order valence-corrected chi connectivity index (χ1v) is 7.03. The molecule has 3 aromatic rings. The van der Waals surface area contributed by atoms with Crippen molar-refractivity contribution in [1.29, 1.82) is 0 Å². The molecule has 1 N–H and O–H groups in total. The number of aryl methyl sites for hydroxylation is 1. The molecule has 0 saturated carbocycles. The average molecular weight is 265 g/mol. The summed E-state index contributed by atoms with van der Waals surface area (Å²) in [6, 6.07) is 16.9. The number of benzene rings is 2. The van der Waals surface area contributed by atoms with Crippen molar-refractivity contribution >= 4 is 10.9 Å². The summed E-state index contributed by atoms with van der Waals surface area (Å²) in [5.74, 6) is 0.896. The van der Waals surface area contributed by atoms with E-state index in [1.54, 1.807) is 7.11 Å². The Kier molecular flexibility index (Phi) is 3.46. The minimum absolute atomic E-state index is 0.896. The van der Waals surface area contributed by atoms with Crippen molar-refractivity contribution in [1.82, 2.24) is 4.98 Å². The van der Waals surface area contributed by atoms with E-state index in [0.29, 0.717) is 0 Å². The van der Waals surface area contributed by atoms with E-state index in [0.717, 1.165) is 24.1 Å². The molecule has 102 valence electrons. The number of nitrogens with one attached hydrogen (secondary N) is 1. The van der Waals surface area contributed by atoms with Crippen molar-refractivity contribution in [2.75, 3.05) is 7.11 Å². The van der Waals surface area contributed by atoms with E-state index in [1.165, 1.54) is 22.2 Å². The highest BCUT2D eigenvalue weighted by atomic mass is 16.5. The molecule has 0 bridgehead atoms. The minimum Gasteiger partial charge on any atom is -0.497 e. The van der Waals surface area contributed by atoms with Crippen molar-refractivity contribution in [3.05, 3.63) is 65.4 Å². The highest BCUT2D eigenvalue weighted by Crippen LogP contribution is 2.28. The largest absolute Gasteiger partial charge is 0.497 e.